The summed E-state index contributed by atoms with van der Waals surface area (Å²) in [7, 11) is -3.11. The van der Waals surface area contributed by atoms with Gasteiger partial charge in [0.1, 0.15) is 0 Å². The number of hydrogen-bond acceptors (Lipinski definition) is 5. The largest absolute Gasteiger partial charge is 0.354 e. The molecule has 1 aromatic heterocycles. The fraction of sp³-hybridized carbons (Fsp3) is 0.600. The lowest BCUT2D eigenvalue weighted by Gasteiger charge is -2.35. The molecule has 1 saturated heterocycles. The van der Waals surface area contributed by atoms with Crippen molar-refractivity contribution < 1.29 is 13.2 Å². The average Bonchev–Trinajstić information content (AvgIpc) is 3.24. The molecule has 0 unspecified atom stereocenters. The van der Waals surface area contributed by atoms with E-state index in [0.717, 1.165) is 40.9 Å². The van der Waals surface area contributed by atoms with Crippen molar-refractivity contribution in [3.63, 3.8) is 0 Å². The molecule has 1 aliphatic heterocycles. The molecule has 152 valence electrons. The topological polar surface area (TPSA) is 79.4 Å². The van der Waals surface area contributed by atoms with Crippen LogP contribution in [0.2, 0.25) is 0 Å². The van der Waals surface area contributed by atoms with Gasteiger partial charge in [0, 0.05) is 26.1 Å². The maximum Gasteiger partial charge on any atom is 0.226 e. The molecule has 1 aromatic carbocycles. The van der Waals surface area contributed by atoms with Gasteiger partial charge in [-0.3, -0.25) is 4.79 Å². The van der Waals surface area contributed by atoms with Crippen molar-refractivity contribution in [1.29, 1.82) is 0 Å². The molecule has 1 N–H and O–H groups in total. The number of amides is 1. The Balaban J connectivity index is 1.44. The third-order valence-electron chi connectivity index (χ3n) is 5.97. The number of rotatable bonds is 6. The number of thiazole rings is 1. The van der Waals surface area contributed by atoms with Crippen LogP contribution in [0.15, 0.2) is 24.3 Å². The molecule has 28 heavy (non-hydrogen) atoms. The zero-order valence-electron chi connectivity index (χ0n) is 16.0. The van der Waals surface area contributed by atoms with Crippen LogP contribution in [0.4, 0.5) is 0 Å². The summed E-state index contributed by atoms with van der Waals surface area (Å²) in [5, 5.41) is 4.06. The van der Waals surface area contributed by atoms with Gasteiger partial charge in [0.15, 0.2) is 0 Å². The Morgan fingerprint density at radius 3 is 2.68 bits per heavy atom. The Hall–Kier alpha value is -1.51. The molecule has 1 amide bonds. The molecule has 2 heterocycles. The first-order valence-electron chi connectivity index (χ1n) is 10.1. The molecule has 2 aliphatic rings. The van der Waals surface area contributed by atoms with E-state index in [4.69, 9.17) is 4.98 Å². The molecule has 0 atom stereocenters. The summed E-state index contributed by atoms with van der Waals surface area (Å²) in [4.78, 5) is 17.9. The normalized spacial score (nSPS) is 21.7. The summed E-state index contributed by atoms with van der Waals surface area (Å²) in [6.45, 7) is 1.31. The molecule has 2 aromatic rings. The highest BCUT2D eigenvalue weighted by atomic mass is 32.2. The van der Waals surface area contributed by atoms with E-state index in [1.165, 1.54) is 10.7 Å². The first-order valence-corrected chi connectivity index (χ1v) is 12.5. The second kappa shape index (κ2) is 8.08. The van der Waals surface area contributed by atoms with Crippen LogP contribution in [0.5, 0.6) is 0 Å². The zero-order valence-corrected chi connectivity index (χ0v) is 17.7. The number of nitrogens with one attached hydrogen (secondary N) is 1. The second-order valence-electron chi connectivity index (χ2n) is 7.92. The van der Waals surface area contributed by atoms with E-state index in [1.54, 1.807) is 11.3 Å². The van der Waals surface area contributed by atoms with Gasteiger partial charge in [0.25, 0.3) is 0 Å². The summed E-state index contributed by atoms with van der Waals surface area (Å²) in [6, 6.07) is 8.08. The number of sulfonamides is 1. The summed E-state index contributed by atoms with van der Waals surface area (Å²) < 4.78 is 26.5. The van der Waals surface area contributed by atoms with Crippen LogP contribution in [-0.4, -0.2) is 49.0 Å². The first kappa shape index (κ1) is 19.8. The lowest BCUT2D eigenvalue weighted by molar-refractivity contribution is -0.133. The van der Waals surface area contributed by atoms with Crippen molar-refractivity contribution in [2.75, 3.05) is 25.4 Å². The second-order valence-corrected chi connectivity index (χ2v) is 11.1. The average molecular weight is 422 g/mol. The highest BCUT2D eigenvalue weighted by molar-refractivity contribution is 7.89. The van der Waals surface area contributed by atoms with Gasteiger partial charge in [-0.25, -0.2) is 17.7 Å². The SMILES string of the molecule is O=C(NCCN1CCCS1(=O)=O)C1(Cc2nc3ccccc3s2)CCCCC1. The van der Waals surface area contributed by atoms with Crippen molar-refractivity contribution in [2.45, 2.75) is 44.9 Å². The minimum Gasteiger partial charge on any atom is -0.354 e. The summed E-state index contributed by atoms with van der Waals surface area (Å²) >= 11 is 1.67. The summed E-state index contributed by atoms with van der Waals surface area (Å²) in [6.07, 6.45) is 6.37. The van der Waals surface area contributed by atoms with E-state index in [9.17, 15) is 13.2 Å². The Morgan fingerprint density at radius 1 is 1.18 bits per heavy atom. The Morgan fingerprint density at radius 2 is 1.96 bits per heavy atom. The molecule has 1 saturated carbocycles. The van der Waals surface area contributed by atoms with Gasteiger partial charge in [-0.15, -0.1) is 11.3 Å². The monoisotopic (exact) mass is 421 g/mol. The minimum atomic E-state index is -3.11. The first-order chi connectivity index (χ1) is 13.5. The van der Waals surface area contributed by atoms with Crippen LogP contribution in [0.1, 0.15) is 43.5 Å². The molecule has 0 spiro atoms. The third-order valence-corrected chi connectivity index (χ3v) is 8.96. The number of nitrogens with zero attached hydrogens (tertiary/aromatic N) is 2. The van der Waals surface area contributed by atoms with Gasteiger partial charge < -0.3 is 5.32 Å². The van der Waals surface area contributed by atoms with Gasteiger partial charge in [0.05, 0.1) is 26.4 Å². The third kappa shape index (κ3) is 4.09. The van der Waals surface area contributed by atoms with Gasteiger partial charge in [-0.2, -0.15) is 0 Å². The van der Waals surface area contributed by atoms with Crippen molar-refractivity contribution in [1.82, 2.24) is 14.6 Å². The van der Waals surface area contributed by atoms with Gasteiger partial charge >= 0.3 is 0 Å². The smallest absolute Gasteiger partial charge is 0.226 e. The van der Waals surface area contributed by atoms with E-state index >= 15 is 0 Å². The molecule has 8 heteroatoms. The van der Waals surface area contributed by atoms with Crippen molar-refractivity contribution in [2.24, 2.45) is 5.41 Å². The van der Waals surface area contributed by atoms with E-state index in [2.05, 4.69) is 11.4 Å². The van der Waals surface area contributed by atoms with Crippen LogP contribution in [0.3, 0.4) is 0 Å². The fourth-order valence-corrected chi connectivity index (χ4v) is 7.06. The molecule has 6 nitrogen and oxygen atoms in total. The quantitative estimate of drug-likeness (QED) is 0.778. The summed E-state index contributed by atoms with van der Waals surface area (Å²) in [5.74, 6) is 0.283. The molecule has 0 radical (unpaired) electrons. The molecule has 1 aliphatic carbocycles. The number of carbonyl (C=O) groups is 1. The van der Waals surface area contributed by atoms with Crippen LogP contribution in [-0.2, 0) is 21.2 Å². The van der Waals surface area contributed by atoms with Crippen LogP contribution < -0.4 is 5.32 Å². The zero-order chi connectivity index (χ0) is 19.6. The van der Waals surface area contributed by atoms with E-state index in [1.807, 2.05) is 18.2 Å². The number of hydrogen-bond donors (Lipinski definition) is 1. The van der Waals surface area contributed by atoms with Crippen LogP contribution >= 0.6 is 11.3 Å². The lowest BCUT2D eigenvalue weighted by Crippen LogP contribution is -2.46. The van der Waals surface area contributed by atoms with Gasteiger partial charge in [-0.05, 0) is 31.4 Å². The Bertz CT molecular complexity index is 916. The highest BCUT2D eigenvalue weighted by Gasteiger charge is 2.40. The van der Waals surface area contributed by atoms with Crippen molar-refractivity contribution >= 4 is 37.5 Å². The van der Waals surface area contributed by atoms with Crippen molar-refractivity contribution in [3.8, 4) is 0 Å². The molecular weight excluding hydrogens is 394 g/mol. The molecular formula is C20H27N3O3S2. The molecule has 0 bridgehead atoms. The van der Waals surface area contributed by atoms with Crippen molar-refractivity contribution in [3.05, 3.63) is 29.3 Å². The number of aromatic nitrogens is 1. The van der Waals surface area contributed by atoms with Gasteiger partial charge in [-0.1, -0.05) is 31.4 Å². The number of fused-ring (bicyclic) bond motifs is 1. The van der Waals surface area contributed by atoms with E-state index in [0.29, 0.717) is 32.5 Å². The Labute approximate surface area is 170 Å². The molecule has 2 fully saturated rings. The molecule has 4 rings (SSSR count). The Kier molecular flexibility index (Phi) is 5.71. The highest BCUT2D eigenvalue weighted by Crippen LogP contribution is 2.41. The van der Waals surface area contributed by atoms with E-state index in [-0.39, 0.29) is 11.7 Å². The number of benzene rings is 1. The predicted octanol–water partition coefficient (Wildman–Crippen LogP) is 2.94. The number of para-hydroxylation sites is 1. The summed E-state index contributed by atoms with van der Waals surface area (Å²) in [5.41, 5.74) is 0.573. The van der Waals surface area contributed by atoms with Crippen LogP contribution in [0.25, 0.3) is 10.2 Å². The maximum absolute atomic E-state index is 13.2. The standard InChI is InChI=1S/C20H27N3O3S2/c24-19(21-11-13-23-12-6-14-28(23,25)26)20(9-4-1-5-10-20)15-18-22-16-7-2-3-8-17(16)27-18/h2-3,7-8H,1,4-6,9-15H2,(H,21,24). The van der Waals surface area contributed by atoms with Crippen LogP contribution in [0, 0.1) is 5.41 Å². The predicted molar refractivity (Wildman–Crippen MR) is 112 cm³/mol. The fourth-order valence-electron chi connectivity index (χ4n) is 4.42. The number of carbonyl (C=O) groups excluding carboxylic acids is 1. The van der Waals surface area contributed by atoms with E-state index < -0.39 is 15.4 Å². The lowest BCUT2D eigenvalue weighted by atomic mass is 9.71. The van der Waals surface area contributed by atoms with Gasteiger partial charge in [0.2, 0.25) is 15.9 Å². The maximum atomic E-state index is 13.2. The minimum absolute atomic E-state index is 0.0584.